The zero-order chi connectivity index (χ0) is 13.5. The van der Waals surface area contributed by atoms with E-state index in [4.69, 9.17) is 5.11 Å². The van der Waals surface area contributed by atoms with E-state index in [1.54, 1.807) is 0 Å². The van der Waals surface area contributed by atoms with Gasteiger partial charge < -0.3 is 15.1 Å². The molecule has 102 valence electrons. The fourth-order valence-corrected chi connectivity index (χ4v) is 2.01. The van der Waals surface area contributed by atoms with E-state index in [1.807, 2.05) is 24.1 Å². The standard InChI is InChI=1S/C15H25NO2/c1-12(2)10-13-4-6-14(7-5-13)15(18)11-16(3)8-9-17/h4-7,12,15,17-18H,8-11H2,1-3H3. The van der Waals surface area contributed by atoms with Crippen LogP contribution in [0.4, 0.5) is 0 Å². The average Bonchev–Trinajstić information content (AvgIpc) is 2.29. The molecule has 18 heavy (non-hydrogen) atoms. The van der Waals surface area contributed by atoms with Crippen molar-refractivity contribution < 1.29 is 10.2 Å². The average molecular weight is 251 g/mol. The van der Waals surface area contributed by atoms with Crippen LogP contribution in [0.15, 0.2) is 24.3 Å². The molecular formula is C15H25NO2. The molecule has 0 radical (unpaired) electrons. The number of hydrogen-bond acceptors (Lipinski definition) is 3. The van der Waals surface area contributed by atoms with Crippen molar-refractivity contribution in [3.05, 3.63) is 35.4 Å². The van der Waals surface area contributed by atoms with Crippen LogP contribution in [-0.2, 0) is 6.42 Å². The Labute approximate surface area is 110 Å². The summed E-state index contributed by atoms with van der Waals surface area (Å²) in [5, 5.41) is 18.9. The molecular weight excluding hydrogens is 226 g/mol. The highest BCUT2D eigenvalue weighted by Crippen LogP contribution is 2.16. The van der Waals surface area contributed by atoms with Crippen molar-refractivity contribution in [3.63, 3.8) is 0 Å². The highest BCUT2D eigenvalue weighted by Gasteiger charge is 2.10. The van der Waals surface area contributed by atoms with Crippen LogP contribution in [0.3, 0.4) is 0 Å². The van der Waals surface area contributed by atoms with Crippen LogP contribution < -0.4 is 0 Å². The molecule has 0 spiro atoms. The molecule has 3 nitrogen and oxygen atoms in total. The van der Waals surface area contributed by atoms with Crippen molar-refractivity contribution in [2.45, 2.75) is 26.4 Å². The molecule has 0 saturated carbocycles. The van der Waals surface area contributed by atoms with Gasteiger partial charge in [-0.1, -0.05) is 38.1 Å². The van der Waals surface area contributed by atoms with Gasteiger partial charge in [0.15, 0.2) is 0 Å². The van der Waals surface area contributed by atoms with Crippen LogP contribution in [-0.4, -0.2) is 41.9 Å². The third-order valence-electron chi connectivity index (χ3n) is 2.97. The summed E-state index contributed by atoms with van der Waals surface area (Å²) in [6.45, 7) is 5.66. The van der Waals surface area contributed by atoms with Crippen molar-refractivity contribution in [2.24, 2.45) is 5.92 Å². The Balaban J connectivity index is 2.55. The van der Waals surface area contributed by atoms with E-state index in [9.17, 15) is 5.11 Å². The summed E-state index contributed by atoms with van der Waals surface area (Å²) in [7, 11) is 1.90. The lowest BCUT2D eigenvalue weighted by Gasteiger charge is -2.20. The van der Waals surface area contributed by atoms with Crippen molar-refractivity contribution in [3.8, 4) is 0 Å². The summed E-state index contributed by atoms with van der Waals surface area (Å²) in [5.41, 5.74) is 2.25. The van der Waals surface area contributed by atoms with Gasteiger partial charge in [0, 0.05) is 13.1 Å². The fraction of sp³-hybridized carbons (Fsp3) is 0.600. The summed E-state index contributed by atoms with van der Waals surface area (Å²) >= 11 is 0. The molecule has 1 aromatic carbocycles. The third-order valence-corrected chi connectivity index (χ3v) is 2.97. The van der Waals surface area contributed by atoms with Crippen LogP contribution >= 0.6 is 0 Å². The lowest BCUT2D eigenvalue weighted by Crippen LogP contribution is -2.27. The van der Waals surface area contributed by atoms with Crippen molar-refractivity contribution in [1.82, 2.24) is 4.90 Å². The molecule has 0 aliphatic carbocycles. The SMILES string of the molecule is CC(C)Cc1ccc(C(O)CN(C)CCO)cc1. The molecule has 3 heteroatoms. The molecule has 0 aliphatic rings. The largest absolute Gasteiger partial charge is 0.395 e. The molecule has 0 aromatic heterocycles. The second-order valence-corrected chi connectivity index (χ2v) is 5.34. The maximum atomic E-state index is 10.1. The number of nitrogens with zero attached hydrogens (tertiary/aromatic N) is 1. The van der Waals surface area contributed by atoms with Crippen molar-refractivity contribution in [2.75, 3.05) is 26.7 Å². The maximum Gasteiger partial charge on any atom is 0.0916 e. The predicted octanol–water partition coefficient (Wildman–Crippen LogP) is 1.84. The first-order valence-electron chi connectivity index (χ1n) is 6.59. The van der Waals surface area contributed by atoms with E-state index in [2.05, 4.69) is 26.0 Å². The van der Waals surface area contributed by atoms with Gasteiger partial charge in [-0.2, -0.15) is 0 Å². The topological polar surface area (TPSA) is 43.7 Å². The molecule has 0 bridgehead atoms. The van der Waals surface area contributed by atoms with Crippen LogP contribution in [0.1, 0.15) is 31.1 Å². The highest BCUT2D eigenvalue weighted by atomic mass is 16.3. The molecule has 0 saturated heterocycles. The minimum atomic E-state index is -0.491. The van der Waals surface area contributed by atoms with E-state index in [1.165, 1.54) is 5.56 Å². The Bertz CT molecular complexity index is 335. The Kier molecular flexibility index (Phi) is 6.33. The predicted molar refractivity (Wildman–Crippen MR) is 74.5 cm³/mol. The first-order chi connectivity index (χ1) is 8.52. The Morgan fingerprint density at radius 2 is 1.78 bits per heavy atom. The number of rotatable bonds is 7. The van der Waals surface area contributed by atoms with Crippen molar-refractivity contribution >= 4 is 0 Å². The lowest BCUT2D eigenvalue weighted by molar-refractivity contribution is 0.115. The van der Waals surface area contributed by atoms with Gasteiger partial charge in [-0.15, -0.1) is 0 Å². The summed E-state index contributed by atoms with van der Waals surface area (Å²) in [4.78, 5) is 1.92. The Morgan fingerprint density at radius 3 is 2.28 bits per heavy atom. The Morgan fingerprint density at radius 1 is 1.17 bits per heavy atom. The van der Waals surface area contributed by atoms with E-state index in [0.29, 0.717) is 19.0 Å². The zero-order valence-corrected chi connectivity index (χ0v) is 11.6. The van der Waals surface area contributed by atoms with Crippen LogP contribution in [0.2, 0.25) is 0 Å². The minimum Gasteiger partial charge on any atom is -0.395 e. The first kappa shape index (κ1) is 15.2. The van der Waals surface area contributed by atoms with Crippen LogP contribution in [0, 0.1) is 5.92 Å². The van der Waals surface area contributed by atoms with E-state index < -0.39 is 6.10 Å². The number of aliphatic hydroxyl groups is 2. The monoisotopic (exact) mass is 251 g/mol. The smallest absolute Gasteiger partial charge is 0.0916 e. The number of hydrogen-bond donors (Lipinski definition) is 2. The summed E-state index contributed by atoms with van der Waals surface area (Å²) in [6, 6.07) is 8.17. The first-order valence-corrected chi connectivity index (χ1v) is 6.59. The van der Waals surface area contributed by atoms with Gasteiger partial charge in [0.25, 0.3) is 0 Å². The number of benzene rings is 1. The van der Waals surface area contributed by atoms with Crippen molar-refractivity contribution in [1.29, 1.82) is 0 Å². The van der Waals surface area contributed by atoms with Gasteiger partial charge in [0.05, 0.1) is 12.7 Å². The second-order valence-electron chi connectivity index (χ2n) is 5.34. The normalized spacial score (nSPS) is 13.3. The molecule has 1 aromatic rings. The molecule has 1 atom stereocenters. The lowest BCUT2D eigenvalue weighted by atomic mass is 10.00. The molecule has 0 aliphatic heterocycles. The van der Waals surface area contributed by atoms with Gasteiger partial charge in [-0.25, -0.2) is 0 Å². The van der Waals surface area contributed by atoms with Gasteiger partial charge in [0.2, 0.25) is 0 Å². The number of aliphatic hydroxyl groups excluding tert-OH is 2. The maximum absolute atomic E-state index is 10.1. The number of likely N-dealkylation sites (N-methyl/N-ethyl adjacent to an activating group) is 1. The summed E-state index contributed by atoms with van der Waals surface area (Å²) in [6.07, 6.45) is 0.579. The molecule has 0 heterocycles. The van der Waals surface area contributed by atoms with E-state index in [-0.39, 0.29) is 6.61 Å². The third kappa shape index (κ3) is 5.17. The summed E-state index contributed by atoms with van der Waals surface area (Å²) in [5.74, 6) is 0.650. The van der Waals surface area contributed by atoms with E-state index >= 15 is 0 Å². The zero-order valence-electron chi connectivity index (χ0n) is 11.6. The fourth-order valence-electron chi connectivity index (χ4n) is 2.01. The molecule has 1 rings (SSSR count). The quantitative estimate of drug-likeness (QED) is 0.777. The van der Waals surface area contributed by atoms with E-state index in [0.717, 1.165) is 12.0 Å². The van der Waals surface area contributed by atoms with Gasteiger partial charge in [-0.05, 0) is 30.5 Å². The van der Waals surface area contributed by atoms with Crippen LogP contribution in [0.25, 0.3) is 0 Å². The van der Waals surface area contributed by atoms with Gasteiger partial charge >= 0.3 is 0 Å². The Hall–Kier alpha value is -0.900. The minimum absolute atomic E-state index is 0.122. The second kappa shape index (κ2) is 7.52. The molecule has 0 amide bonds. The van der Waals surface area contributed by atoms with Gasteiger partial charge in [0.1, 0.15) is 0 Å². The molecule has 0 fully saturated rings. The van der Waals surface area contributed by atoms with Gasteiger partial charge in [-0.3, -0.25) is 0 Å². The molecule has 1 unspecified atom stereocenters. The highest BCUT2D eigenvalue weighted by molar-refractivity contribution is 5.24. The molecule has 2 N–H and O–H groups in total. The summed E-state index contributed by atoms with van der Waals surface area (Å²) < 4.78 is 0. The van der Waals surface area contributed by atoms with Crippen LogP contribution in [0.5, 0.6) is 0 Å².